The smallest absolute Gasteiger partial charge is 0.0206 e. The molecule has 0 radical (unpaired) electrons. The van der Waals surface area contributed by atoms with Gasteiger partial charge in [-0.05, 0) is 45.1 Å². The van der Waals surface area contributed by atoms with Crippen LogP contribution in [-0.2, 0) is 0 Å². The highest BCUT2D eigenvalue weighted by atomic mass is 15.2. The van der Waals surface area contributed by atoms with Gasteiger partial charge < -0.3 is 0 Å². The molecule has 44 heavy (non-hydrogen) atoms. The van der Waals surface area contributed by atoms with Crippen LogP contribution in [0, 0.1) is 11.3 Å². The van der Waals surface area contributed by atoms with Crippen molar-refractivity contribution in [3.05, 3.63) is 0 Å². The molecule has 0 fully saturated rings. The van der Waals surface area contributed by atoms with E-state index in [-0.39, 0.29) is 5.54 Å². The Hall–Kier alpha value is -0.0400. The van der Waals surface area contributed by atoms with E-state index < -0.39 is 0 Å². The lowest BCUT2D eigenvalue weighted by atomic mass is 9.66. The summed E-state index contributed by atoms with van der Waals surface area (Å²) < 4.78 is 0. The number of hydrogen-bond acceptors (Lipinski definition) is 1. The van der Waals surface area contributed by atoms with Gasteiger partial charge in [-0.25, -0.2) is 0 Å². The van der Waals surface area contributed by atoms with Crippen LogP contribution in [0.1, 0.15) is 248 Å². The summed E-state index contributed by atoms with van der Waals surface area (Å²) in [5.41, 5.74) is 0.503. The molecule has 0 N–H and O–H groups in total. The Labute approximate surface area is 282 Å². The highest BCUT2D eigenvalue weighted by Gasteiger charge is 2.43. The SMILES string of the molecule is CCCCCCCCCCCCCCCCC(CCCCCCCCCCCCCCCC)N(C)C(C)(C)C(C)(C)C(C)C. The quantitative estimate of drug-likeness (QED) is 0.0648. The molecule has 0 atom stereocenters. The van der Waals surface area contributed by atoms with Crippen LogP contribution in [0.25, 0.3) is 0 Å². The van der Waals surface area contributed by atoms with Crippen molar-refractivity contribution in [3.63, 3.8) is 0 Å². The Kier molecular flexibility index (Phi) is 29.1. The summed E-state index contributed by atoms with van der Waals surface area (Å²) in [6, 6.07) is 0.734. The van der Waals surface area contributed by atoms with Crippen LogP contribution in [0.5, 0.6) is 0 Å². The predicted molar refractivity (Wildman–Crippen MR) is 204 cm³/mol. The lowest BCUT2D eigenvalue weighted by Crippen LogP contribution is -2.57. The maximum atomic E-state index is 2.82. The van der Waals surface area contributed by atoms with E-state index in [0.29, 0.717) is 11.3 Å². The molecule has 0 amide bonds. The summed E-state index contributed by atoms with van der Waals surface area (Å²) in [6.45, 7) is 19.5. The van der Waals surface area contributed by atoms with Gasteiger partial charge in [0, 0.05) is 11.6 Å². The molecular formula is C43H89N. The second-order valence-electron chi connectivity index (χ2n) is 16.5. The fraction of sp³-hybridized carbons (Fsp3) is 1.00. The highest BCUT2D eigenvalue weighted by molar-refractivity contribution is 4.97. The van der Waals surface area contributed by atoms with Crippen molar-refractivity contribution in [2.45, 2.75) is 260 Å². The van der Waals surface area contributed by atoms with Crippen LogP contribution < -0.4 is 0 Å². The maximum Gasteiger partial charge on any atom is 0.0206 e. The fourth-order valence-corrected chi connectivity index (χ4v) is 7.30. The van der Waals surface area contributed by atoms with Crippen LogP contribution in [0.15, 0.2) is 0 Å². The van der Waals surface area contributed by atoms with Gasteiger partial charge in [-0.1, -0.05) is 221 Å². The van der Waals surface area contributed by atoms with Crippen LogP contribution in [0.4, 0.5) is 0 Å². The van der Waals surface area contributed by atoms with Crippen molar-refractivity contribution in [1.29, 1.82) is 0 Å². The highest BCUT2D eigenvalue weighted by Crippen LogP contribution is 2.43. The van der Waals surface area contributed by atoms with Gasteiger partial charge >= 0.3 is 0 Å². The van der Waals surface area contributed by atoms with Crippen molar-refractivity contribution in [1.82, 2.24) is 4.90 Å². The molecule has 0 rings (SSSR count). The summed E-state index contributed by atoms with van der Waals surface area (Å²) in [6.07, 6.45) is 43.4. The molecule has 1 nitrogen and oxygen atoms in total. The Morgan fingerprint density at radius 1 is 0.386 bits per heavy atom. The van der Waals surface area contributed by atoms with Gasteiger partial charge in [-0.3, -0.25) is 4.90 Å². The first-order valence-corrected chi connectivity index (χ1v) is 20.9. The van der Waals surface area contributed by atoms with E-state index >= 15 is 0 Å². The van der Waals surface area contributed by atoms with E-state index in [1.54, 1.807) is 0 Å². The molecule has 0 saturated heterocycles. The average molecular weight is 620 g/mol. The largest absolute Gasteiger partial charge is 0.298 e. The molecule has 0 bridgehead atoms. The van der Waals surface area contributed by atoms with Crippen LogP contribution in [0.3, 0.4) is 0 Å². The van der Waals surface area contributed by atoms with Gasteiger partial charge in [0.1, 0.15) is 0 Å². The molecule has 0 heterocycles. The van der Waals surface area contributed by atoms with E-state index in [9.17, 15) is 0 Å². The zero-order chi connectivity index (χ0) is 32.9. The number of hydrogen-bond donors (Lipinski definition) is 0. The Balaban J connectivity index is 4.29. The minimum Gasteiger partial charge on any atom is -0.298 e. The molecule has 0 unspecified atom stereocenters. The second-order valence-corrected chi connectivity index (χ2v) is 16.5. The minimum absolute atomic E-state index is 0.206. The van der Waals surface area contributed by atoms with E-state index in [1.165, 1.54) is 193 Å². The third-order valence-corrected chi connectivity index (χ3v) is 12.2. The van der Waals surface area contributed by atoms with Crippen molar-refractivity contribution >= 4 is 0 Å². The molecule has 1 heteroatoms. The van der Waals surface area contributed by atoms with Gasteiger partial charge in [-0.15, -0.1) is 0 Å². The number of rotatable bonds is 34. The van der Waals surface area contributed by atoms with Crippen molar-refractivity contribution in [2.24, 2.45) is 11.3 Å². The van der Waals surface area contributed by atoms with E-state index in [0.717, 1.165) is 6.04 Å². The first-order valence-electron chi connectivity index (χ1n) is 20.9. The lowest BCUT2D eigenvalue weighted by Gasteiger charge is -2.53. The van der Waals surface area contributed by atoms with Gasteiger partial charge in [0.05, 0.1) is 0 Å². The summed E-state index contributed by atoms with van der Waals surface area (Å²) >= 11 is 0. The normalized spacial score (nSPS) is 12.8. The van der Waals surface area contributed by atoms with Crippen molar-refractivity contribution in [3.8, 4) is 0 Å². The summed E-state index contributed by atoms with van der Waals surface area (Å²) in [7, 11) is 2.46. The molecule has 0 aromatic rings. The van der Waals surface area contributed by atoms with Crippen LogP contribution in [0.2, 0.25) is 0 Å². The standard InChI is InChI=1S/C43H89N/c1-10-12-14-16-18-20-22-24-26-28-30-32-34-36-38-41(44(9)43(7,8)42(5,6)40(3)4)39-37-35-33-31-29-27-25-23-21-19-17-15-13-11-2/h40-41H,10-39H2,1-9H3. The van der Waals surface area contributed by atoms with Crippen LogP contribution >= 0.6 is 0 Å². The van der Waals surface area contributed by atoms with E-state index in [1.807, 2.05) is 0 Å². The minimum atomic E-state index is 0.206. The van der Waals surface area contributed by atoms with Crippen LogP contribution in [-0.4, -0.2) is 23.5 Å². The third-order valence-electron chi connectivity index (χ3n) is 12.2. The molecular weight excluding hydrogens is 530 g/mol. The Morgan fingerprint density at radius 2 is 0.614 bits per heavy atom. The van der Waals surface area contributed by atoms with Gasteiger partial charge in [0.2, 0.25) is 0 Å². The molecule has 0 aromatic carbocycles. The first-order chi connectivity index (χ1) is 21.1. The fourth-order valence-electron chi connectivity index (χ4n) is 7.30. The molecule has 0 spiro atoms. The summed E-state index contributed by atoms with van der Waals surface area (Å²) in [4.78, 5) is 2.82. The topological polar surface area (TPSA) is 3.24 Å². The van der Waals surface area contributed by atoms with E-state index in [4.69, 9.17) is 0 Å². The van der Waals surface area contributed by atoms with Crippen molar-refractivity contribution < 1.29 is 0 Å². The zero-order valence-electron chi connectivity index (χ0n) is 32.8. The van der Waals surface area contributed by atoms with E-state index in [2.05, 4.69) is 67.3 Å². The zero-order valence-corrected chi connectivity index (χ0v) is 32.8. The lowest BCUT2D eigenvalue weighted by molar-refractivity contribution is -0.0312. The summed E-state index contributed by atoms with van der Waals surface area (Å²) in [5.74, 6) is 0.683. The molecule has 0 aromatic heterocycles. The molecule has 266 valence electrons. The molecule has 0 saturated carbocycles. The third kappa shape index (κ3) is 21.7. The maximum absolute atomic E-state index is 2.82. The number of unbranched alkanes of at least 4 members (excludes halogenated alkanes) is 26. The monoisotopic (exact) mass is 620 g/mol. The summed E-state index contributed by atoms with van der Waals surface area (Å²) in [5, 5.41) is 0. The Morgan fingerprint density at radius 3 is 0.841 bits per heavy atom. The molecule has 0 aliphatic heterocycles. The number of nitrogens with zero attached hydrogens (tertiary/aromatic N) is 1. The first kappa shape index (κ1) is 44.0. The van der Waals surface area contributed by atoms with Gasteiger partial charge in [0.15, 0.2) is 0 Å². The molecule has 0 aliphatic carbocycles. The molecule has 0 aliphatic rings. The Bertz CT molecular complexity index is 543. The predicted octanol–water partition coefficient (Wildman–Crippen LogP) is 15.5. The van der Waals surface area contributed by atoms with Gasteiger partial charge in [-0.2, -0.15) is 0 Å². The van der Waals surface area contributed by atoms with Crippen molar-refractivity contribution in [2.75, 3.05) is 7.05 Å². The second kappa shape index (κ2) is 29.1. The van der Waals surface area contributed by atoms with Gasteiger partial charge in [0.25, 0.3) is 0 Å². The average Bonchev–Trinajstić information content (AvgIpc) is 2.99.